The Kier molecular flexibility index (Phi) is 4.71. The molecule has 1 fully saturated rings. The first-order valence-corrected chi connectivity index (χ1v) is 5.42. The number of ether oxygens (including phenoxy) is 1. The molecule has 0 aliphatic carbocycles. The SMILES string of the molecule is COCC(C)NC(=O)N1C[C@H](O)C[C@H]1C(=O)O. The van der Waals surface area contributed by atoms with E-state index < -0.39 is 24.1 Å². The number of nitrogens with one attached hydrogen (secondary N) is 1. The van der Waals surface area contributed by atoms with Crippen LogP contribution in [-0.2, 0) is 9.53 Å². The van der Waals surface area contributed by atoms with Crippen LogP contribution < -0.4 is 5.32 Å². The molecular formula is C10H18N2O5. The largest absolute Gasteiger partial charge is 0.480 e. The number of urea groups is 1. The van der Waals surface area contributed by atoms with Crippen LogP contribution in [0.5, 0.6) is 0 Å². The van der Waals surface area contributed by atoms with Gasteiger partial charge in [0.1, 0.15) is 6.04 Å². The van der Waals surface area contributed by atoms with Gasteiger partial charge in [0.2, 0.25) is 0 Å². The molecule has 17 heavy (non-hydrogen) atoms. The Morgan fingerprint density at radius 2 is 2.24 bits per heavy atom. The van der Waals surface area contributed by atoms with Crippen LogP contribution in [0.2, 0.25) is 0 Å². The van der Waals surface area contributed by atoms with E-state index in [9.17, 15) is 14.7 Å². The highest BCUT2D eigenvalue weighted by atomic mass is 16.5. The number of amides is 2. The molecule has 0 saturated carbocycles. The van der Waals surface area contributed by atoms with Crippen LogP contribution in [-0.4, -0.2) is 65.6 Å². The molecule has 0 aromatic rings. The summed E-state index contributed by atoms with van der Waals surface area (Å²) in [6.07, 6.45) is -0.707. The predicted octanol–water partition coefficient (Wildman–Crippen LogP) is -0.749. The van der Waals surface area contributed by atoms with E-state index in [1.807, 2.05) is 0 Å². The summed E-state index contributed by atoms with van der Waals surface area (Å²) >= 11 is 0. The molecule has 0 radical (unpaired) electrons. The fraction of sp³-hybridized carbons (Fsp3) is 0.800. The van der Waals surface area contributed by atoms with Gasteiger partial charge in [0.25, 0.3) is 0 Å². The first kappa shape index (κ1) is 13.7. The molecule has 3 atom stereocenters. The summed E-state index contributed by atoms with van der Waals surface area (Å²) in [5.41, 5.74) is 0. The van der Waals surface area contributed by atoms with Gasteiger partial charge in [-0.1, -0.05) is 0 Å². The first-order valence-electron chi connectivity index (χ1n) is 5.42. The summed E-state index contributed by atoms with van der Waals surface area (Å²) < 4.78 is 4.86. The third-order valence-corrected chi connectivity index (χ3v) is 2.61. The van der Waals surface area contributed by atoms with Crippen molar-refractivity contribution >= 4 is 12.0 Å². The number of aliphatic carboxylic acids is 1. The molecule has 7 nitrogen and oxygen atoms in total. The molecular weight excluding hydrogens is 228 g/mol. The number of likely N-dealkylation sites (tertiary alicyclic amines) is 1. The second-order valence-electron chi connectivity index (χ2n) is 4.20. The lowest BCUT2D eigenvalue weighted by Gasteiger charge is -2.23. The van der Waals surface area contributed by atoms with E-state index in [1.165, 1.54) is 7.11 Å². The molecule has 1 rings (SSSR count). The zero-order chi connectivity index (χ0) is 13.0. The van der Waals surface area contributed by atoms with Crippen molar-refractivity contribution in [3.8, 4) is 0 Å². The van der Waals surface area contributed by atoms with E-state index in [0.717, 1.165) is 4.90 Å². The Hall–Kier alpha value is -1.34. The number of carboxylic acids is 1. The highest BCUT2D eigenvalue weighted by molar-refractivity contribution is 5.83. The van der Waals surface area contributed by atoms with Crippen LogP contribution in [0.3, 0.4) is 0 Å². The van der Waals surface area contributed by atoms with Crippen molar-refractivity contribution in [3.63, 3.8) is 0 Å². The molecule has 1 saturated heterocycles. The number of rotatable bonds is 4. The fourth-order valence-corrected chi connectivity index (χ4v) is 1.86. The minimum atomic E-state index is -1.10. The monoisotopic (exact) mass is 246 g/mol. The number of hydrogen-bond donors (Lipinski definition) is 3. The molecule has 1 aliphatic rings. The predicted molar refractivity (Wildman–Crippen MR) is 58.6 cm³/mol. The molecule has 0 aromatic carbocycles. The van der Waals surface area contributed by atoms with Crippen molar-refractivity contribution in [1.82, 2.24) is 10.2 Å². The van der Waals surface area contributed by atoms with Gasteiger partial charge in [-0.25, -0.2) is 9.59 Å². The van der Waals surface area contributed by atoms with Gasteiger partial charge < -0.3 is 25.2 Å². The van der Waals surface area contributed by atoms with E-state index in [1.54, 1.807) is 6.92 Å². The first-order chi connectivity index (χ1) is 7.95. The van der Waals surface area contributed by atoms with Crippen LogP contribution in [0.15, 0.2) is 0 Å². The van der Waals surface area contributed by atoms with Gasteiger partial charge in [0, 0.05) is 20.1 Å². The topological polar surface area (TPSA) is 99.1 Å². The maximum absolute atomic E-state index is 11.8. The van der Waals surface area contributed by atoms with E-state index >= 15 is 0 Å². The molecule has 1 aliphatic heterocycles. The highest BCUT2D eigenvalue weighted by Gasteiger charge is 2.39. The molecule has 3 N–H and O–H groups in total. The average Bonchev–Trinajstić information content (AvgIpc) is 2.60. The van der Waals surface area contributed by atoms with Gasteiger partial charge in [0.05, 0.1) is 18.8 Å². The van der Waals surface area contributed by atoms with Crippen molar-refractivity contribution in [1.29, 1.82) is 0 Å². The zero-order valence-corrected chi connectivity index (χ0v) is 9.92. The minimum Gasteiger partial charge on any atom is -0.480 e. The summed E-state index contributed by atoms with van der Waals surface area (Å²) in [7, 11) is 1.52. The summed E-state index contributed by atoms with van der Waals surface area (Å²) in [6, 6.07) is -1.65. The number of carbonyl (C=O) groups is 2. The number of aliphatic hydroxyl groups excluding tert-OH is 1. The zero-order valence-electron chi connectivity index (χ0n) is 9.92. The van der Waals surface area contributed by atoms with Gasteiger partial charge in [-0.2, -0.15) is 0 Å². The average molecular weight is 246 g/mol. The van der Waals surface area contributed by atoms with Gasteiger partial charge >= 0.3 is 12.0 Å². The maximum atomic E-state index is 11.8. The highest BCUT2D eigenvalue weighted by Crippen LogP contribution is 2.18. The molecule has 7 heteroatoms. The summed E-state index contributed by atoms with van der Waals surface area (Å²) in [6.45, 7) is 2.14. The number of carboxylic acid groups (broad SMARTS) is 1. The fourth-order valence-electron chi connectivity index (χ4n) is 1.86. The third kappa shape index (κ3) is 3.57. The van der Waals surface area contributed by atoms with Crippen LogP contribution in [0.1, 0.15) is 13.3 Å². The van der Waals surface area contributed by atoms with E-state index in [0.29, 0.717) is 6.61 Å². The summed E-state index contributed by atoms with van der Waals surface area (Å²) in [5, 5.41) is 20.9. The van der Waals surface area contributed by atoms with E-state index in [4.69, 9.17) is 9.84 Å². The van der Waals surface area contributed by atoms with Crippen LogP contribution >= 0.6 is 0 Å². The Bertz CT molecular complexity index is 296. The molecule has 0 bridgehead atoms. The second kappa shape index (κ2) is 5.83. The molecule has 2 amide bonds. The Balaban J connectivity index is 2.58. The van der Waals surface area contributed by atoms with Gasteiger partial charge in [0.15, 0.2) is 0 Å². The number of methoxy groups -OCH3 is 1. The molecule has 1 heterocycles. The number of nitrogens with zero attached hydrogens (tertiary/aromatic N) is 1. The number of β-amino-alcohol motifs (C(OH)–C–C–N with tert-alkyl or cyclic N) is 1. The van der Waals surface area contributed by atoms with Crippen molar-refractivity contribution in [2.45, 2.75) is 31.5 Å². The summed E-state index contributed by atoms with van der Waals surface area (Å²) in [5.74, 6) is -1.10. The van der Waals surface area contributed by atoms with Crippen molar-refractivity contribution in [2.75, 3.05) is 20.3 Å². The third-order valence-electron chi connectivity index (χ3n) is 2.61. The number of aliphatic hydroxyl groups is 1. The minimum absolute atomic E-state index is 0.0441. The Morgan fingerprint density at radius 1 is 1.59 bits per heavy atom. The van der Waals surface area contributed by atoms with Gasteiger partial charge in [-0.15, -0.1) is 0 Å². The lowest BCUT2D eigenvalue weighted by Crippen LogP contribution is -2.49. The van der Waals surface area contributed by atoms with Crippen molar-refractivity contribution < 1.29 is 24.5 Å². The Labute approximate surface area is 99.4 Å². The molecule has 0 spiro atoms. The van der Waals surface area contributed by atoms with E-state index in [-0.39, 0.29) is 19.0 Å². The Morgan fingerprint density at radius 3 is 2.76 bits per heavy atom. The molecule has 98 valence electrons. The second-order valence-corrected chi connectivity index (χ2v) is 4.20. The summed E-state index contributed by atoms with van der Waals surface area (Å²) in [4.78, 5) is 23.8. The lowest BCUT2D eigenvalue weighted by atomic mass is 10.2. The maximum Gasteiger partial charge on any atom is 0.326 e. The van der Waals surface area contributed by atoms with Gasteiger partial charge in [-0.05, 0) is 6.92 Å². The number of carbonyl (C=O) groups excluding carboxylic acids is 1. The van der Waals surface area contributed by atoms with Crippen LogP contribution in [0, 0.1) is 0 Å². The molecule has 0 aromatic heterocycles. The normalized spacial score (nSPS) is 25.7. The lowest BCUT2D eigenvalue weighted by molar-refractivity contribution is -0.141. The van der Waals surface area contributed by atoms with Gasteiger partial charge in [-0.3, -0.25) is 0 Å². The van der Waals surface area contributed by atoms with Crippen LogP contribution in [0.4, 0.5) is 4.79 Å². The smallest absolute Gasteiger partial charge is 0.326 e. The van der Waals surface area contributed by atoms with Crippen LogP contribution in [0.25, 0.3) is 0 Å². The van der Waals surface area contributed by atoms with E-state index in [2.05, 4.69) is 5.32 Å². The quantitative estimate of drug-likeness (QED) is 0.606. The van der Waals surface area contributed by atoms with Crippen molar-refractivity contribution in [3.05, 3.63) is 0 Å². The molecule has 1 unspecified atom stereocenters. The number of hydrogen-bond acceptors (Lipinski definition) is 4. The van der Waals surface area contributed by atoms with Crippen molar-refractivity contribution in [2.24, 2.45) is 0 Å². The standard InChI is InChI=1S/C10H18N2O5/c1-6(5-17-2)11-10(16)12-4-7(13)3-8(12)9(14)15/h6-8,13H,3-5H2,1-2H3,(H,11,16)(H,14,15)/t6?,7-,8+/m1/s1.